The first-order valence-corrected chi connectivity index (χ1v) is 15.5. The van der Waals surface area contributed by atoms with E-state index in [1.807, 2.05) is 63.4 Å². The van der Waals surface area contributed by atoms with E-state index in [1.54, 1.807) is 31.3 Å². The molecule has 1 heterocycles. The Morgan fingerprint density at radius 2 is 1.60 bits per heavy atom. The first-order valence-electron chi connectivity index (χ1n) is 14.6. The molecule has 0 aliphatic carbocycles. The van der Waals surface area contributed by atoms with Gasteiger partial charge in [-0.3, -0.25) is 9.59 Å². The molecule has 0 radical (unpaired) electrons. The van der Waals surface area contributed by atoms with E-state index in [2.05, 4.69) is 5.38 Å². The summed E-state index contributed by atoms with van der Waals surface area (Å²) in [7, 11) is 0. The van der Waals surface area contributed by atoms with Gasteiger partial charge in [0.25, 0.3) is 0 Å². The Morgan fingerprint density at radius 3 is 2.26 bits per heavy atom. The van der Waals surface area contributed by atoms with E-state index in [0.717, 1.165) is 27.8 Å². The summed E-state index contributed by atoms with van der Waals surface area (Å²) >= 11 is 1.59. The maximum absolute atomic E-state index is 13.0. The lowest BCUT2D eigenvalue weighted by Gasteiger charge is -2.20. The zero-order chi connectivity index (χ0) is 31.4. The molecule has 0 bridgehead atoms. The minimum atomic E-state index is -0.642. The number of esters is 3. The Labute approximate surface area is 258 Å². The van der Waals surface area contributed by atoms with Crippen molar-refractivity contribution in [1.82, 2.24) is 0 Å². The van der Waals surface area contributed by atoms with Crippen molar-refractivity contribution in [2.24, 2.45) is 0 Å². The van der Waals surface area contributed by atoms with E-state index in [1.165, 1.54) is 0 Å². The second kappa shape index (κ2) is 16.1. The summed E-state index contributed by atoms with van der Waals surface area (Å²) in [6.07, 6.45) is 1.33. The lowest BCUT2D eigenvalue weighted by Crippen LogP contribution is -2.24. The van der Waals surface area contributed by atoms with Crippen LogP contribution in [0, 0.1) is 6.92 Å². The number of benzene rings is 2. The van der Waals surface area contributed by atoms with Gasteiger partial charge < -0.3 is 23.7 Å². The predicted octanol–water partition coefficient (Wildman–Crippen LogP) is 7.48. The summed E-state index contributed by atoms with van der Waals surface area (Å²) in [4.78, 5) is 37.0. The van der Waals surface area contributed by atoms with Gasteiger partial charge in [-0.2, -0.15) is 11.3 Å². The SMILES string of the molecule is CCOC(=O)CCCOc1cccc(COc2cc(C(=O)OC(C)(C)C)cc(-c3cscc3C)c2)c1CCC(=O)OCC. The topological polar surface area (TPSA) is 97.4 Å². The van der Waals surface area contributed by atoms with Crippen molar-refractivity contribution in [1.29, 1.82) is 0 Å². The van der Waals surface area contributed by atoms with E-state index >= 15 is 0 Å². The standard InChI is InChI=1S/C34H42O8S/c1-7-38-31(35)13-10-16-40-30-12-9-11-24(28(30)14-15-32(36)39-8-2)20-41-27-18-25(29-22-43-21-23(29)3)17-26(19-27)33(37)42-34(4,5)6/h9,11-12,17-19,21-22H,7-8,10,13-16,20H2,1-6H3. The number of hydrogen-bond acceptors (Lipinski definition) is 9. The normalized spacial score (nSPS) is 11.1. The molecule has 0 aliphatic rings. The van der Waals surface area contributed by atoms with Crippen molar-refractivity contribution in [3.63, 3.8) is 0 Å². The van der Waals surface area contributed by atoms with Crippen LogP contribution in [0.4, 0.5) is 0 Å². The van der Waals surface area contributed by atoms with E-state index < -0.39 is 11.6 Å². The van der Waals surface area contributed by atoms with Gasteiger partial charge in [0.05, 0.1) is 25.4 Å². The highest BCUT2D eigenvalue weighted by Crippen LogP contribution is 2.33. The molecule has 3 aromatic rings. The maximum atomic E-state index is 13.0. The zero-order valence-corrected chi connectivity index (χ0v) is 26.8. The average molecular weight is 611 g/mol. The van der Waals surface area contributed by atoms with Crippen molar-refractivity contribution >= 4 is 29.2 Å². The van der Waals surface area contributed by atoms with Crippen LogP contribution in [0.1, 0.15) is 80.9 Å². The minimum Gasteiger partial charge on any atom is -0.493 e. The highest BCUT2D eigenvalue weighted by Gasteiger charge is 2.20. The Morgan fingerprint density at radius 1 is 0.884 bits per heavy atom. The van der Waals surface area contributed by atoms with Crippen LogP contribution in [-0.4, -0.2) is 43.3 Å². The van der Waals surface area contributed by atoms with Crippen molar-refractivity contribution in [3.8, 4) is 22.6 Å². The molecular formula is C34H42O8S. The second-order valence-corrected chi connectivity index (χ2v) is 11.7. The molecule has 1 aromatic heterocycles. The van der Waals surface area contributed by atoms with Crippen LogP contribution in [0.25, 0.3) is 11.1 Å². The minimum absolute atomic E-state index is 0.179. The fraction of sp³-hybridized carbons (Fsp3) is 0.441. The third-order valence-corrected chi connectivity index (χ3v) is 7.17. The molecule has 43 heavy (non-hydrogen) atoms. The molecule has 0 saturated carbocycles. The van der Waals surface area contributed by atoms with Gasteiger partial charge in [0.2, 0.25) is 0 Å². The monoisotopic (exact) mass is 610 g/mol. The van der Waals surface area contributed by atoms with Gasteiger partial charge >= 0.3 is 17.9 Å². The first-order chi connectivity index (χ1) is 20.5. The molecule has 0 spiro atoms. The number of hydrogen-bond donors (Lipinski definition) is 0. The summed E-state index contributed by atoms with van der Waals surface area (Å²) < 4.78 is 28.1. The Hall–Kier alpha value is -3.85. The van der Waals surface area contributed by atoms with Crippen molar-refractivity contribution in [2.75, 3.05) is 19.8 Å². The highest BCUT2D eigenvalue weighted by atomic mass is 32.1. The zero-order valence-electron chi connectivity index (χ0n) is 25.9. The summed E-state index contributed by atoms with van der Waals surface area (Å²) in [6, 6.07) is 11.1. The van der Waals surface area contributed by atoms with Gasteiger partial charge in [-0.15, -0.1) is 0 Å². The quantitative estimate of drug-likeness (QED) is 0.0993. The molecule has 2 aromatic carbocycles. The van der Waals surface area contributed by atoms with Crippen LogP contribution in [0.5, 0.6) is 11.5 Å². The van der Waals surface area contributed by atoms with Crippen LogP contribution in [0.3, 0.4) is 0 Å². The van der Waals surface area contributed by atoms with Gasteiger partial charge in [-0.1, -0.05) is 12.1 Å². The van der Waals surface area contributed by atoms with Crippen molar-refractivity contribution < 1.29 is 38.1 Å². The Bertz CT molecular complexity index is 1390. The third kappa shape index (κ3) is 10.7. The van der Waals surface area contributed by atoms with Gasteiger partial charge in [-0.25, -0.2) is 4.79 Å². The fourth-order valence-corrected chi connectivity index (χ4v) is 5.22. The highest BCUT2D eigenvalue weighted by molar-refractivity contribution is 7.08. The number of thiophene rings is 1. The van der Waals surface area contributed by atoms with Crippen molar-refractivity contribution in [3.05, 3.63) is 69.4 Å². The Kier molecular flexibility index (Phi) is 12.6. The number of carbonyl (C=O) groups excluding carboxylic acids is 3. The lowest BCUT2D eigenvalue weighted by molar-refractivity contribution is -0.144. The molecule has 0 fully saturated rings. The Balaban J connectivity index is 1.87. The maximum Gasteiger partial charge on any atom is 0.338 e. The molecule has 232 valence electrons. The number of carbonyl (C=O) groups is 3. The summed E-state index contributed by atoms with van der Waals surface area (Å²) in [6.45, 7) is 12.2. The smallest absolute Gasteiger partial charge is 0.338 e. The van der Waals surface area contributed by atoms with Crippen molar-refractivity contribution in [2.45, 2.75) is 79.4 Å². The summed E-state index contributed by atoms with van der Waals surface area (Å²) in [5.41, 5.74) is 4.40. The number of aryl methyl sites for hydroxylation is 1. The number of ether oxygens (including phenoxy) is 5. The van der Waals surface area contributed by atoms with Gasteiger partial charge in [0.15, 0.2) is 0 Å². The molecule has 9 heteroatoms. The molecule has 0 unspecified atom stereocenters. The van der Waals surface area contributed by atoms with E-state index in [4.69, 9.17) is 23.7 Å². The molecule has 0 saturated heterocycles. The summed E-state index contributed by atoms with van der Waals surface area (Å²) in [5, 5.41) is 4.10. The first kappa shape index (κ1) is 33.6. The van der Waals surface area contributed by atoms with Crippen LogP contribution in [0.2, 0.25) is 0 Å². The lowest BCUT2D eigenvalue weighted by atomic mass is 10.0. The molecule has 0 atom stereocenters. The van der Waals surface area contributed by atoms with Crippen LogP contribution in [0.15, 0.2) is 47.2 Å². The molecular weight excluding hydrogens is 568 g/mol. The van der Waals surface area contributed by atoms with Crippen LogP contribution < -0.4 is 9.47 Å². The largest absolute Gasteiger partial charge is 0.493 e. The molecule has 8 nitrogen and oxygen atoms in total. The van der Waals surface area contributed by atoms with Crippen LogP contribution >= 0.6 is 11.3 Å². The molecule has 0 aliphatic heterocycles. The van der Waals surface area contributed by atoms with Crippen LogP contribution in [-0.2, 0) is 36.8 Å². The molecule has 0 amide bonds. The van der Waals surface area contributed by atoms with E-state index in [9.17, 15) is 14.4 Å². The third-order valence-electron chi connectivity index (χ3n) is 6.30. The van der Waals surface area contributed by atoms with Gasteiger partial charge in [-0.05, 0) is 112 Å². The van der Waals surface area contributed by atoms with Gasteiger partial charge in [0, 0.05) is 18.4 Å². The molecule has 0 N–H and O–H groups in total. The number of rotatable bonds is 15. The fourth-order valence-electron chi connectivity index (χ4n) is 4.37. The van der Waals surface area contributed by atoms with E-state index in [-0.39, 0.29) is 31.4 Å². The van der Waals surface area contributed by atoms with Gasteiger partial charge in [0.1, 0.15) is 23.7 Å². The predicted molar refractivity (Wildman–Crippen MR) is 167 cm³/mol. The molecule has 3 rings (SSSR count). The van der Waals surface area contributed by atoms with E-state index in [0.29, 0.717) is 49.7 Å². The summed E-state index contributed by atoms with van der Waals surface area (Å²) in [5.74, 6) is 0.140. The second-order valence-electron chi connectivity index (χ2n) is 11.0. The average Bonchev–Trinajstić information content (AvgIpc) is 3.38.